The van der Waals surface area contributed by atoms with E-state index >= 15 is 0 Å². The Morgan fingerprint density at radius 3 is 2.50 bits per heavy atom. The van der Waals surface area contributed by atoms with Crippen LogP contribution in [0.15, 0.2) is 54.6 Å². The number of aromatic hydroxyl groups is 1. The molecular formula is C18H12O2. The molecule has 0 spiro atoms. The summed E-state index contributed by atoms with van der Waals surface area (Å²) in [6.45, 7) is 0. The Morgan fingerprint density at radius 2 is 1.65 bits per heavy atom. The number of phenols is 1. The van der Waals surface area contributed by atoms with Crippen molar-refractivity contribution in [2.75, 3.05) is 0 Å². The van der Waals surface area contributed by atoms with Crippen LogP contribution in [0.3, 0.4) is 0 Å². The summed E-state index contributed by atoms with van der Waals surface area (Å²) in [6, 6.07) is 18.2. The average Bonchev–Trinajstić information content (AvgIpc) is 2.98. The molecule has 0 aromatic heterocycles. The fourth-order valence-corrected chi connectivity index (χ4v) is 3.72. The van der Waals surface area contributed by atoms with Gasteiger partial charge in [-0.1, -0.05) is 36.4 Å². The first-order chi connectivity index (χ1) is 9.83. The summed E-state index contributed by atoms with van der Waals surface area (Å²) in [4.78, 5) is 0. The number of phenolic OH excluding ortho intramolecular Hbond substituents is 1. The molecule has 20 heavy (non-hydrogen) atoms. The molecule has 5 rings (SSSR count). The van der Waals surface area contributed by atoms with Crippen LogP contribution >= 0.6 is 0 Å². The third-order valence-corrected chi connectivity index (χ3v) is 4.50. The molecule has 3 aromatic rings. The van der Waals surface area contributed by atoms with E-state index in [4.69, 9.17) is 4.74 Å². The Morgan fingerprint density at radius 1 is 0.850 bits per heavy atom. The molecule has 0 radical (unpaired) electrons. The van der Waals surface area contributed by atoms with Gasteiger partial charge in [0.25, 0.3) is 0 Å². The molecule has 0 amide bonds. The van der Waals surface area contributed by atoms with Crippen LogP contribution in [0.1, 0.15) is 28.7 Å². The van der Waals surface area contributed by atoms with Crippen LogP contribution in [-0.4, -0.2) is 5.11 Å². The second kappa shape index (κ2) is 3.34. The fraction of sp³-hybridized carbons (Fsp3) is 0.111. The van der Waals surface area contributed by atoms with Gasteiger partial charge < -0.3 is 9.84 Å². The third-order valence-electron chi connectivity index (χ3n) is 4.50. The summed E-state index contributed by atoms with van der Waals surface area (Å²) < 4.78 is 6.15. The highest BCUT2D eigenvalue weighted by atomic mass is 16.5. The van der Waals surface area contributed by atoms with Crippen LogP contribution in [0.25, 0.3) is 10.8 Å². The maximum atomic E-state index is 9.77. The maximum Gasteiger partial charge on any atom is 0.135 e. The highest BCUT2D eigenvalue weighted by Gasteiger charge is 2.43. The zero-order valence-electron chi connectivity index (χ0n) is 10.7. The number of hydrogen-bond acceptors (Lipinski definition) is 2. The van der Waals surface area contributed by atoms with Crippen molar-refractivity contribution in [3.63, 3.8) is 0 Å². The SMILES string of the molecule is Oc1ccc2c(c1)[C@@H]1c3cccc4cccc(c34)[C@@H]1O2. The van der Waals surface area contributed by atoms with Gasteiger partial charge in [0.05, 0.1) is 5.92 Å². The second-order valence-electron chi connectivity index (χ2n) is 5.53. The van der Waals surface area contributed by atoms with Gasteiger partial charge in [-0.3, -0.25) is 0 Å². The lowest BCUT2D eigenvalue weighted by molar-refractivity contribution is 0.230. The van der Waals surface area contributed by atoms with E-state index in [1.165, 1.54) is 21.9 Å². The summed E-state index contributed by atoms with van der Waals surface area (Å²) in [6.07, 6.45) is 0.0490. The van der Waals surface area contributed by atoms with Crippen LogP contribution in [0.2, 0.25) is 0 Å². The Labute approximate surface area is 116 Å². The summed E-state index contributed by atoms with van der Waals surface area (Å²) in [5, 5.41) is 12.4. The Bertz CT molecular complexity index is 861. The number of rotatable bonds is 0. The minimum absolute atomic E-state index is 0.0490. The molecule has 96 valence electrons. The Balaban J connectivity index is 1.86. The molecular weight excluding hydrogens is 248 g/mol. The van der Waals surface area contributed by atoms with Gasteiger partial charge in [-0.05, 0) is 34.5 Å². The first-order valence-electron chi connectivity index (χ1n) is 6.84. The molecule has 2 nitrogen and oxygen atoms in total. The molecule has 0 unspecified atom stereocenters. The van der Waals surface area contributed by atoms with Gasteiger partial charge in [-0.25, -0.2) is 0 Å². The van der Waals surface area contributed by atoms with E-state index in [0.717, 1.165) is 11.3 Å². The van der Waals surface area contributed by atoms with Crippen molar-refractivity contribution < 1.29 is 9.84 Å². The van der Waals surface area contributed by atoms with Crippen LogP contribution in [0.5, 0.6) is 11.5 Å². The van der Waals surface area contributed by atoms with E-state index < -0.39 is 0 Å². The van der Waals surface area contributed by atoms with Crippen molar-refractivity contribution in [1.29, 1.82) is 0 Å². The van der Waals surface area contributed by atoms with Gasteiger partial charge in [-0.15, -0.1) is 0 Å². The van der Waals surface area contributed by atoms with Crippen LogP contribution in [0, 0.1) is 0 Å². The monoisotopic (exact) mass is 260 g/mol. The first kappa shape index (κ1) is 10.3. The molecule has 0 saturated heterocycles. The number of ether oxygens (including phenoxy) is 1. The van der Waals surface area contributed by atoms with Gasteiger partial charge in [0, 0.05) is 11.1 Å². The van der Waals surface area contributed by atoms with Crippen molar-refractivity contribution in [1.82, 2.24) is 0 Å². The molecule has 3 aromatic carbocycles. The summed E-state index contributed by atoms with van der Waals surface area (Å²) in [5.41, 5.74) is 3.67. The van der Waals surface area contributed by atoms with Crippen molar-refractivity contribution in [2.24, 2.45) is 0 Å². The van der Waals surface area contributed by atoms with Gasteiger partial charge in [-0.2, -0.15) is 0 Å². The largest absolute Gasteiger partial charge is 0.508 e. The van der Waals surface area contributed by atoms with Crippen molar-refractivity contribution in [2.45, 2.75) is 12.0 Å². The Hall–Kier alpha value is -2.48. The third kappa shape index (κ3) is 1.10. The van der Waals surface area contributed by atoms with Gasteiger partial charge in [0.2, 0.25) is 0 Å². The fourth-order valence-electron chi connectivity index (χ4n) is 3.72. The first-order valence-corrected chi connectivity index (χ1v) is 6.84. The lowest BCUT2D eigenvalue weighted by atomic mass is 9.92. The average molecular weight is 260 g/mol. The van der Waals surface area contributed by atoms with Crippen molar-refractivity contribution >= 4 is 10.8 Å². The molecule has 1 heterocycles. The van der Waals surface area contributed by atoms with Crippen molar-refractivity contribution in [3.05, 3.63) is 71.3 Å². The molecule has 2 aliphatic rings. The van der Waals surface area contributed by atoms with E-state index in [9.17, 15) is 5.11 Å². The van der Waals surface area contributed by atoms with E-state index in [2.05, 4.69) is 36.4 Å². The number of hydrogen-bond donors (Lipinski definition) is 1. The molecule has 0 fully saturated rings. The van der Waals surface area contributed by atoms with E-state index in [1.807, 2.05) is 12.1 Å². The quantitative estimate of drug-likeness (QED) is 0.658. The van der Waals surface area contributed by atoms with E-state index in [0.29, 0.717) is 5.75 Å². The minimum Gasteiger partial charge on any atom is -0.508 e. The molecule has 2 heteroatoms. The van der Waals surface area contributed by atoms with Gasteiger partial charge in [0.15, 0.2) is 0 Å². The van der Waals surface area contributed by atoms with E-state index in [1.54, 1.807) is 6.07 Å². The smallest absolute Gasteiger partial charge is 0.135 e. The predicted molar refractivity (Wildman–Crippen MR) is 77.3 cm³/mol. The van der Waals surface area contributed by atoms with Gasteiger partial charge >= 0.3 is 0 Å². The summed E-state index contributed by atoms with van der Waals surface area (Å²) in [7, 11) is 0. The van der Waals surface area contributed by atoms with E-state index in [-0.39, 0.29) is 12.0 Å². The molecule has 1 aliphatic heterocycles. The predicted octanol–water partition coefficient (Wildman–Crippen LogP) is 4.12. The molecule has 0 saturated carbocycles. The number of benzene rings is 3. The molecule has 2 atom stereocenters. The normalized spacial score (nSPS) is 21.6. The van der Waals surface area contributed by atoms with Crippen LogP contribution in [0.4, 0.5) is 0 Å². The lowest BCUT2D eigenvalue weighted by Gasteiger charge is -2.11. The summed E-state index contributed by atoms with van der Waals surface area (Å²) in [5.74, 6) is 1.40. The van der Waals surface area contributed by atoms with Crippen LogP contribution < -0.4 is 4.74 Å². The minimum atomic E-state index is 0.0490. The second-order valence-corrected chi connectivity index (χ2v) is 5.53. The standard InChI is InChI=1S/C18H12O2/c19-11-7-8-15-14(9-11)17-12-5-1-3-10-4-2-6-13(16(10)12)18(17)20-15/h1-9,17-19H/t17-,18-/m0/s1. The number of fused-ring (bicyclic) bond motifs is 5. The van der Waals surface area contributed by atoms with Crippen LogP contribution in [-0.2, 0) is 0 Å². The molecule has 1 aliphatic carbocycles. The Kier molecular flexibility index (Phi) is 1.72. The molecule has 0 bridgehead atoms. The topological polar surface area (TPSA) is 29.5 Å². The lowest BCUT2D eigenvalue weighted by Crippen LogP contribution is -2.04. The van der Waals surface area contributed by atoms with Gasteiger partial charge in [0.1, 0.15) is 17.6 Å². The highest BCUT2D eigenvalue weighted by molar-refractivity contribution is 5.93. The zero-order chi connectivity index (χ0) is 13.3. The highest BCUT2D eigenvalue weighted by Crippen LogP contribution is 2.57. The molecule has 1 N–H and O–H groups in total. The zero-order valence-corrected chi connectivity index (χ0v) is 10.7. The summed E-state index contributed by atoms with van der Waals surface area (Å²) >= 11 is 0. The maximum absolute atomic E-state index is 9.77. The van der Waals surface area contributed by atoms with Crippen molar-refractivity contribution in [3.8, 4) is 11.5 Å².